The molecule has 0 bridgehead atoms. The van der Waals surface area contributed by atoms with Gasteiger partial charge in [0.05, 0.1) is 16.9 Å². The first-order valence-electron chi connectivity index (χ1n) is 5.23. The molecule has 0 spiro atoms. The maximum Gasteiger partial charge on any atom is 0.183 e. The summed E-state index contributed by atoms with van der Waals surface area (Å²) in [5.74, 6) is 0. The van der Waals surface area contributed by atoms with E-state index in [4.69, 9.17) is 0 Å². The second kappa shape index (κ2) is 4.93. The van der Waals surface area contributed by atoms with Crippen molar-refractivity contribution >= 4 is 27.8 Å². The van der Waals surface area contributed by atoms with Gasteiger partial charge in [-0.25, -0.2) is 9.97 Å². The molecular weight excluding hydrogens is 238 g/mol. The van der Waals surface area contributed by atoms with E-state index < -0.39 is 0 Å². The van der Waals surface area contributed by atoms with Crippen molar-refractivity contribution in [3.05, 3.63) is 26.7 Å². The number of aromatic nitrogens is 2. The van der Waals surface area contributed by atoms with Crippen LogP contribution in [0.2, 0.25) is 0 Å². The highest BCUT2D eigenvalue weighted by Crippen LogP contribution is 2.21. The maximum atomic E-state index is 4.45. The van der Waals surface area contributed by atoms with Crippen LogP contribution in [0.4, 0.5) is 5.13 Å². The fourth-order valence-electron chi connectivity index (χ4n) is 1.40. The average Bonchev–Trinajstić information content (AvgIpc) is 2.76. The number of nitrogens with zero attached hydrogens (tertiary/aromatic N) is 2. The van der Waals surface area contributed by atoms with E-state index in [2.05, 4.69) is 29.1 Å². The molecule has 2 heterocycles. The largest absolute Gasteiger partial charge is 0.361 e. The fraction of sp³-hybridized carbons (Fsp3) is 0.455. The highest BCUT2D eigenvalue weighted by atomic mass is 32.1. The summed E-state index contributed by atoms with van der Waals surface area (Å²) in [4.78, 5) is 11.3. The Morgan fingerprint density at radius 3 is 2.62 bits per heavy atom. The molecule has 0 saturated carbocycles. The number of hydrogen-bond donors (Lipinski definition) is 1. The number of aryl methyl sites for hydroxylation is 3. The zero-order chi connectivity index (χ0) is 11.5. The lowest BCUT2D eigenvalue weighted by molar-refractivity contribution is 1.01. The Morgan fingerprint density at radius 2 is 2.06 bits per heavy atom. The average molecular weight is 253 g/mol. The third-order valence-electron chi connectivity index (χ3n) is 2.50. The van der Waals surface area contributed by atoms with Gasteiger partial charge in [0.15, 0.2) is 5.13 Å². The SMILES string of the molecule is Cc1nc(NCCc2scnc2C)sc1C. The van der Waals surface area contributed by atoms with Crippen molar-refractivity contribution in [3.8, 4) is 0 Å². The minimum Gasteiger partial charge on any atom is -0.361 e. The Morgan fingerprint density at radius 1 is 1.25 bits per heavy atom. The third kappa shape index (κ3) is 2.59. The molecular formula is C11H15N3S2. The molecule has 0 aromatic carbocycles. The summed E-state index contributed by atoms with van der Waals surface area (Å²) in [6.07, 6.45) is 1.02. The molecule has 16 heavy (non-hydrogen) atoms. The van der Waals surface area contributed by atoms with Gasteiger partial charge in [-0.2, -0.15) is 0 Å². The molecule has 0 atom stereocenters. The number of rotatable bonds is 4. The van der Waals surface area contributed by atoms with Crippen LogP contribution in [0.15, 0.2) is 5.51 Å². The van der Waals surface area contributed by atoms with Gasteiger partial charge >= 0.3 is 0 Å². The monoisotopic (exact) mass is 253 g/mol. The topological polar surface area (TPSA) is 37.8 Å². The number of thiazole rings is 2. The molecule has 2 aromatic rings. The second-order valence-electron chi connectivity index (χ2n) is 3.70. The third-order valence-corrected chi connectivity index (χ3v) is 4.53. The summed E-state index contributed by atoms with van der Waals surface area (Å²) in [7, 11) is 0. The van der Waals surface area contributed by atoms with Crippen LogP contribution in [-0.2, 0) is 6.42 Å². The Balaban J connectivity index is 1.87. The number of hydrogen-bond acceptors (Lipinski definition) is 5. The first-order chi connectivity index (χ1) is 7.66. The summed E-state index contributed by atoms with van der Waals surface area (Å²) in [6, 6.07) is 0. The molecule has 1 N–H and O–H groups in total. The highest BCUT2D eigenvalue weighted by Gasteiger charge is 2.04. The van der Waals surface area contributed by atoms with E-state index in [0.717, 1.165) is 29.5 Å². The molecule has 0 amide bonds. The van der Waals surface area contributed by atoms with Crippen molar-refractivity contribution in [2.75, 3.05) is 11.9 Å². The van der Waals surface area contributed by atoms with E-state index in [0.29, 0.717) is 0 Å². The van der Waals surface area contributed by atoms with Crippen LogP contribution in [0.1, 0.15) is 21.1 Å². The normalized spacial score (nSPS) is 10.7. The van der Waals surface area contributed by atoms with Crippen LogP contribution in [0, 0.1) is 20.8 Å². The van der Waals surface area contributed by atoms with E-state index in [1.54, 1.807) is 22.7 Å². The Kier molecular flexibility index (Phi) is 3.56. The van der Waals surface area contributed by atoms with Crippen LogP contribution in [0.5, 0.6) is 0 Å². The molecule has 0 unspecified atom stereocenters. The lowest BCUT2D eigenvalue weighted by Gasteiger charge is -2.00. The van der Waals surface area contributed by atoms with Crippen LogP contribution in [0.3, 0.4) is 0 Å². The fourth-order valence-corrected chi connectivity index (χ4v) is 3.02. The summed E-state index contributed by atoms with van der Waals surface area (Å²) >= 11 is 3.45. The van der Waals surface area contributed by atoms with Crippen molar-refractivity contribution in [3.63, 3.8) is 0 Å². The van der Waals surface area contributed by atoms with Crippen LogP contribution >= 0.6 is 22.7 Å². The van der Waals surface area contributed by atoms with Gasteiger partial charge in [-0.1, -0.05) is 0 Å². The van der Waals surface area contributed by atoms with Crippen molar-refractivity contribution in [2.45, 2.75) is 27.2 Å². The molecule has 5 heteroatoms. The quantitative estimate of drug-likeness (QED) is 0.909. The summed E-state index contributed by atoms with van der Waals surface area (Å²) in [6.45, 7) is 7.13. The molecule has 0 aliphatic rings. The molecule has 0 aliphatic carbocycles. The van der Waals surface area contributed by atoms with Crippen molar-refractivity contribution in [1.82, 2.24) is 9.97 Å². The molecule has 0 saturated heterocycles. The van der Waals surface area contributed by atoms with Gasteiger partial charge in [0.2, 0.25) is 0 Å². The van der Waals surface area contributed by atoms with Crippen LogP contribution in [0.25, 0.3) is 0 Å². The molecule has 3 nitrogen and oxygen atoms in total. The van der Waals surface area contributed by atoms with Gasteiger partial charge in [0.25, 0.3) is 0 Å². The molecule has 2 aromatic heterocycles. The molecule has 0 aliphatic heterocycles. The van der Waals surface area contributed by atoms with E-state index in [9.17, 15) is 0 Å². The standard InChI is InChI=1S/C11H15N3S2/c1-7-9(3)16-11(14-7)12-5-4-10-8(2)13-6-15-10/h6H,4-5H2,1-3H3,(H,12,14). The Hall–Kier alpha value is -0.940. The van der Waals surface area contributed by atoms with E-state index in [-0.39, 0.29) is 0 Å². The first-order valence-corrected chi connectivity index (χ1v) is 6.93. The Labute approximate surface area is 104 Å². The van der Waals surface area contributed by atoms with Crippen molar-refractivity contribution < 1.29 is 0 Å². The molecule has 86 valence electrons. The van der Waals surface area contributed by atoms with Crippen LogP contribution in [-0.4, -0.2) is 16.5 Å². The second-order valence-corrected chi connectivity index (χ2v) is 5.84. The van der Waals surface area contributed by atoms with E-state index in [1.165, 1.54) is 9.75 Å². The zero-order valence-corrected chi connectivity index (χ0v) is 11.3. The molecule has 0 radical (unpaired) electrons. The minimum atomic E-state index is 0.926. The van der Waals surface area contributed by atoms with Crippen molar-refractivity contribution in [1.29, 1.82) is 0 Å². The highest BCUT2D eigenvalue weighted by molar-refractivity contribution is 7.15. The van der Waals surface area contributed by atoms with E-state index in [1.807, 2.05) is 12.4 Å². The van der Waals surface area contributed by atoms with Gasteiger partial charge in [-0.15, -0.1) is 22.7 Å². The lowest BCUT2D eigenvalue weighted by Crippen LogP contribution is -2.04. The van der Waals surface area contributed by atoms with Gasteiger partial charge in [0, 0.05) is 22.7 Å². The van der Waals surface area contributed by atoms with Gasteiger partial charge in [-0.05, 0) is 20.8 Å². The minimum absolute atomic E-state index is 0.926. The zero-order valence-electron chi connectivity index (χ0n) is 9.70. The summed E-state index contributed by atoms with van der Waals surface area (Å²) in [5.41, 5.74) is 4.18. The molecule has 0 fully saturated rings. The number of anilines is 1. The lowest BCUT2D eigenvalue weighted by atomic mass is 10.3. The summed E-state index contributed by atoms with van der Waals surface area (Å²) in [5, 5.41) is 4.38. The first kappa shape index (κ1) is 11.5. The predicted octanol–water partition coefficient (Wildman–Crippen LogP) is 3.18. The predicted molar refractivity (Wildman–Crippen MR) is 70.6 cm³/mol. The van der Waals surface area contributed by atoms with Gasteiger partial charge in [0.1, 0.15) is 0 Å². The smallest absolute Gasteiger partial charge is 0.183 e. The van der Waals surface area contributed by atoms with E-state index >= 15 is 0 Å². The van der Waals surface area contributed by atoms with Gasteiger partial charge < -0.3 is 5.32 Å². The van der Waals surface area contributed by atoms with Crippen LogP contribution < -0.4 is 5.32 Å². The molecule has 2 rings (SSSR count). The van der Waals surface area contributed by atoms with Gasteiger partial charge in [-0.3, -0.25) is 0 Å². The summed E-state index contributed by atoms with van der Waals surface area (Å²) < 4.78 is 0. The number of nitrogens with one attached hydrogen (secondary N) is 1. The maximum absolute atomic E-state index is 4.45. The Bertz CT molecular complexity index is 454. The van der Waals surface area contributed by atoms with Crippen molar-refractivity contribution in [2.24, 2.45) is 0 Å².